The molecule has 0 aliphatic rings. The SMILES string of the molecule is Nc1nc(-c2n[n]([Tl])c3ncccc23)ncc1F. The van der Waals surface area contributed by atoms with E-state index >= 15 is 0 Å². The molecule has 0 bridgehead atoms. The van der Waals surface area contributed by atoms with Crippen LogP contribution in [-0.4, -0.2) is 48.6 Å². The molecule has 3 aromatic rings. The number of aromatic nitrogens is 5. The molecule has 0 aliphatic heterocycles. The molecule has 0 atom stereocenters. The van der Waals surface area contributed by atoms with Gasteiger partial charge in [0.2, 0.25) is 0 Å². The molecule has 0 amide bonds. The summed E-state index contributed by atoms with van der Waals surface area (Å²) in [6.45, 7) is 0. The van der Waals surface area contributed by atoms with E-state index in [-0.39, 0.29) is 5.82 Å². The normalized spacial score (nSPS) is 10.9. The standard InChI is InChI=1S/C10H6FN6.Tl/c11-6-4-14-10(15-8(6)12)7-5-2-1-3-13-9(5)17-16-7;/h1-4H,(H2-,12,13,14,15,16,17);/q-1;+1. The Morgan fingerprint density at radius 2 is 2.17 bits per heavy atom. The van der Waals surface area contributed by atoms with Gasteiger partial charge >= 0.3 is 117 Å². The van der Waals surface area contributed by atoms with Crippen LogP contribution in [0.25, 0.3) is 22.6 Å². The predicted octanol–water partition coefficient (Wildman–Crippen LogP) is 0.541. The number of rotatable bonds is 1. The zero-order chi connectivity index (χ0) is 12.7. The van der Waals surface area contributed by atoms with Crippen molar-refractivity contribution in [2.75, 3.05) is 5.73 Å². The molecule has 8 heteroatoms. The zero-order valence-corrected chi connectivity index (χ0v) is 13.6. The van der Waals surface area contributed by atoms with Gasteiger partial charge in [-0.15, -0.1) is 0 Å². The summed E-state index contributed by atoms with van der Waals surface area (Å²) in [5.74, 6) is -0.498. The van der Waals surface area contributed by atoms with Gasteiger partial charge in [0.1, 0.15) is 0 Å². The molecule has 0 unspecified atom stereocenters. The molecule has 0 aromatic carbocycles. The van der Waals surface area contributed by atoms with E-state index in [0.29, 0.717) is 37.6 Å². The number of anilines is 1. The van der Waals surface area contributed by atoms with Crippen molar-refractivity contribution in [3.63, 3.8) is 0 Å². The Balaban J connectivity index is 2.28. The number of halogens is 1. The van der Waals surface area contributed by atoms with Gasteiger partial charge in [0.25, 0.3) is 0 Å². The van der Waals surface area contributed by atoms with Crippen LogP contribution < -0.4 is 5.73 Å². The van der Waals surface area contributed by atoms with Crippen molar-refractivity contribution in [2.24, 2.45) is 0 Å². The Labute approximate surface area is 117 Å². The first-order chi connectivity index (χ1) is 8.66. The maximum absolute atomic E-state index is 13.1. The van der Waals surface area contributed by atoms with Crippen LogP contribution in [0.1, 0.15) is 0 Å². The van der Waals surface area contributed by atoms with E-state index in [2.05, 4.69) is 20.1 Å². The van der Waals surface area contributed by atoms with Crippen molar-refractivity contribution >= 4 is 42.9 Å². The molecule has 0 radical (unpaired) electrons. The fourth-order valence-electron chi connectivity index (χ4n) is 1.63. The van der Waals surface area contributed by atoms with Gasteiger partial charge in [-0.25, -0.2) is 0 Å². The minimum atomic E-state index is -0.631. The van der Waals surface area contributed by atoms with Crippen LogP contribution in [-0.2, 0) is 0 Å². The number of hydrogen-bond donors (Lipinski definition) is 1. The third kappa shape index (κ3) is 1.74. The number of hydrogen-bond acceptors (Lipinski definition) is 5. The molecule has 0 fully saturated rings. The molecule has 6 nitrogen and oxygen atoms in total. The topological polar surface area (TPSA) is 82.5 Å². The summed E-state index contributed by atoms with van der Waals surface area (Å²) in [4.78, 5) is 12.1. The summed E-state index contributed by atoms with van der Waals surface area (Å²) < 4.78 is 14.8. The van der Waals surface area contributed by atoms with Crippen LogP contribution in [0.15, 0.2) is 24.5 Å². The fourth-order valence-corrected chi connectivity index (χ4v) is 2.88. The molecule has 0 aliphatic carbocycles. The van der Waals surface area contributed by atoms with E-state index in [1.54, 1.807) is 8.69 Å². The number of nitrogens with two attached hydrogens (primary N) is 1. The first-order valence-corrected chi connectivity index (χ1v) is 7.05. The molecule has 3 aromatic heterocycles. The van der Waals surface area contributed by atoms with Crippen LogP contribution in [0.2, 0.25) is 0 Å². The Morgan fingerprint density at radius 3 is 2.94 bits per heavy atom. The summed E-state index contributed by atoms with van der Waals surface area (Å²) in [5.41, 5.74) is 6.80. The second kappa shape index (κ2) is 4.23. The van der Waals surface area contributed by atoms with Gasteiger partial charge in [-0.05, 0) is 0 Å². The van der Waals surface area contributed by atoms with Crippen molar-refractivity contribution in [1.82, 2.24) is 22.5 Å². The third-order valence-corrected chi connectivity index (χ3v) is 3.85. The fraction of sp³-hybridized carbons (Fsp3) is 0. The molecular formula is C10H6FN6Tl. The van der Waals surface area contributed by atoms with Gasteiger partial charge in [0.15, 0.2) is 0 Å². The Hall–Kier alpha value is -1.65. The second-order valence-electron chi connectivity index (χ2n) is 3.59. The average molecular weight is 434 g/mol. The first-order valence-electron chi connectivity index (χ1n) is 5.04. The van der Waals surface area contributed by atoms with Crippen molar-refractivity contribution in [2.45, 2.75) is 0 Å². The van der Waals surface area contributed by atoms with Crippen molar-refractivity contribution in [1.29, 1.82) is 0 Å². The number of nitrogen functional groups attached to an aromatic ring is 1. The first kappa shape index (κ1) is 11.4. The Morgan fingerprint density at radius 1 is 1.33 bits per heavy atom. The molecule has 3 heterocycles. The summed E-state index contributed by atoms with van der Waals surface area (Å²) in [7, 11) is 0. The van der Waals surface area contributed by atoms with Gasteiger partial charge < -0.3 is 0 Å². The van der Waals surface area contributed by atoms with Gasteiger partial charge in [-0.3, -0.25) is 0 Å². The van der Waals surface area contributed by atoms with Crippen molar-refractivity contribution in [3.8, 4) is 11.5 Å². The third-order valence-electron chi connectivity index (χ3n) is 2.45. The Kier molecular flexibility index (Phi) is 2.69. The van der Waals surface area contributed by atoms with E-state index in [1.165, 1.54) is 0 Å². The van der Waals surface area contributed by atoms with Crippen molar-refractivity contribution in [3.05, 3.63) is 30.3 Å². The molecule has 86 valence electrons. The predicted molar refractivity (Wildman–Crippen MR) is 64.1 cm³/mol. The zero-order valence-electron chi connectivity index (χ0n) is 9.08. The Bertz CT molecular complexity index is 740. The number of fused-ring (bicyclic) bond motifs is 1. The van der Waals surface area contributed by atoms with E-state index in [1.807, 2.05) is 12.1 Å². The van der Waals surface area contributed by atoms with Crippen LogP contribution in [0.5, 0.6) is 0 Å². The summed E-state index contributed by atoms with van der Waals surface area (Å²) in [6, 6.07) is 3.69. The molecule has 0 saturated carbocycles. The molecule has 0 spiro atoms. The van der Waals surface area contributed by atoms with Gasteiger partial charge in [0.05, 0.1) is 0 Å². The molecule has 2 N–H and O–H groups in total. The van der Waals surface area contributed by atoms with E-state index in [9.17, 15) is 4.39 Å². The number of nitrogens with zero attached hydrogens (tertiary/aromatic N) is 5. The summed E-state index contributed by atoms with van der Waals surface area (Å²) in [6.07, 6.45) is 2.75. The number of pyridine rings is 1. The van der Waals surface area contributed by atoms with E-state index < -0.39 is 5.82 Å². The molecule has 0 saturated heterocycles. The average Bonchev–Trinajstić information content (AvgIpc) is 2.71. The summed E-state index contributed by atoms with van der Waals surface area (Å²) >= 11 is 0.471. The molecular weight excluding hydrogens is 428 g/mol. The molecule has 3 rings (SSSR count). The van der Waals surface area contributed by atoms with Gasteiger partial charge in [-0.2, -0.15) is 0 Å². The van der Waals surface area contributed by atoms with E-state index in [0.717, 1.165) is 17.2 Å². The van der Waals surface area contributed by atoms with Crippen LogP contribution in [0, 0.1) is 5.82 Å². The molecule has 18 heavy (non-hydrogen) atoms. The van der Waals surface area contributed by atoms with Crippen LogP contribution >= 0.6 is 0 Å². The van der Waals surface area contributed by atoms with Crippen LogP contribution in [0.3, 0.4) is 0 Å². The quantitative estimate of drug-likeness (QED) is 0.567. The van der Waals surface area contributed by atoms with Gasteiger partial charge in [0, 0.05) is 0 Å². The second-order valence-corrected chi connectivity index (χ2v) is 5.50. The van der Waals surface area contributed by atoms with Gasteiger partial charge in [-0.1, -0.05) is 0 Å². The summed E-state index contributed by atoms with van der Waals surface area (Å²) in [5, 5.41) is 5.19. The van der Waals surface area contributed by atoms with E-state index in [4.69, 9.17) is 5.73 Å². The van der Waals surface area contributed by atoms with Crippen molar-refractivity contribution < 1.29 is 4.39 Å². The maximum atomic E-state index is 13.1. The monoisotopic (exact) mass is 434 g/mol. The van der Waals surface area contributed by atoms with Crippen LogP contribution in [0.4, 0.5) is 10.2 Å². The minimum absolute atomic E-state index is 0.178.